The maximum Gasteiger partial charge on any atom is 0.223 e. The molecule has 78 valence electrons. The Morgan fingerprint density at radius 3 is 3.00 bits per heavy atom. The lowest BCUT2D eigenvalue weighted by molar-refractivity contribution is 0.984. The molecule has 0 spiro atoms. The van der Waals surface area contributed by atoms with Gasteiger partial charge in [-0.25, -0.2) is 9.97 Å². The SMILES string of the molecule is CNc1ncc(C)c(Sc2nncs2)n1. The Labute approximate surface area is 95.4 Å². The van der Waals surface area contributed by atoms with Gasteiger partial charge in [-0.1, -0.05) is 11.3 Å². The molecule has 0 fully saturated rings. The molecule has 2 aromatic rings. The zero-order valence-corrected chi connectivity index (χ0v) is 9.89. The molecule has 7 heteroatoms. The minimum atomic E-state index is 0.618. The van der Waals surface area contributed by atoms with Gasteiger partial charge in [0.05, 0.1) is 0 Å². The van der Waals surface area contributed by atoms with Crippen LogP contribution < -0.4 is 5.32 Å². The quantitative estimate of drug-likeness (QED) is 0.824. The van der Waals surface area contributed by atoms with Crippen molar-refractivity contribution in [2.75, 3.05) is 12.4 Å². The van der Waals surface area contributed by atoms with E-state index in [1.807, 2.05) is 6.92 Å². The van der Waals surface area contributed by atoms with Crippen molar-refractivity contribution in [2.24, 2.45) is 0 Å². The average Bonchev–Trinajstić information content (AvgIpc) is 2.74. The van der Waals surface area contributed by atoms with Crippen molar-refractivity contribution >= 4 is 29.0 Å². The number of hydrogen-bond acceptors (Lipinski definition) is 7. The van der Waals surface area contributed by atoms with Crippen molar-refractivity contribution in [1.29, 1.82) is 0 Å². The van der Waals surface area contributed by atoms with Gasteiger partial charge in [0.15, 0.2) is 4.34 Å². The predicted molar refractivity (Wildman–Crippen MR) is 60.3 cm³/mol. The van der Waals surface area contributed by atoms with E-state index in [1.54, 1.807) is 18.8 Å². The van der Waals surface area contributed by atoms with Gasteiger partial charge >= 0.3 is 0 Å². The summed E-state index contributed by atoms with van der Waals surface area (Å²) in [6.45, 7) is 1.98. The lowest BCUT2D eigenvalue weighted by Crippen LogP contribution is -1.98. The van der Waals surface area contributed by atoms with E-state index in [1.165, 1.54) is 23.1 Å². The third-order valence-corrected chi connectivity index (χ3v) is 3.56. The van der Waals surface area contributed by atoms with Crippen LogP contribution in [0.5, 0.6) is 0 Å². The summed E-state index contributed by atoms with van der Waals surface area (Å²) in [5.74, 6) is 0.618. The number of aryl methyl sites for hydroxylation is 1. The Kier molecular flexibility index (Phi) is 3.12. The maximum absolute atomic E-state index is 4.35. The first kappa shape index (κ1) is 10.3. The van der Waals surface area contributed by atoms with E-state index in [0.717, 1.165) is 14.9 Å². The summed E-state index contributed by atoms with van der Waals surface area (Å²) in [5.41, 5.74) is 2.74. The summed E-state index contributed by atoms with van der Waals surface area (Å²) in [6.07, 6.45) is 1.79. The average molecular weight is 239 g/mol. The van der Waals surface area contributed by atoms with Crippen molar-refractivity contribution in [3.8, 4) is 0 Å². The Morgan fingerprint density at radius 2 is 2.33 bits per heavy atom. The second-order valence-electron chi connectivity index (χ2n) is 2.74. The summed E-state index contributed by atoms with van der Waals surface area (Å²) < 4.78 is 0.888. The van der Waals surface area contributed by atoms with Crippen molar-refractivity contribution < 1.29 is 0 Å². The lowest BCUT2D eigenvalue weighted by atomic mass is 10.4. The smallest absolute Gasteiger partial charge is 0.223 e. The zero-order chi connectivity index (χ0) is 10.7. The summed E-state index contributed by atoms with van der Waals surface area (Å²) in [4.78, 5) is 8.46. The normalized spacial score (nSPS) is 10.3. The molecule has 15 heavy (non-hydrogen) atoms. The van der Waals surface area contributed by atoms with Gasteiger partial charge in [-0.05, 0) is 18.7 Å². The van der Waals surface area contributed by atoms with Crippen LogP contribution in [-0.4, -0.2) is 27.2 Å². The number of rotatable bonds is 3. The number of hydrogen-bond donors (Lipinski definition) is 1. The molecule has 0 amide bonds. The van der Waals surface area contributed by atoms with Crippen molar-refractivity contribution in [2.45, 2.75) is 16.3 Å². The monoisotopic (exact) mass is 239 g/mol. The van der Waals surface area contributed by atoms with Crippen LogP contribution in [0.1, 0.15) is 5.56 Å². The molecule has 0 aromatic carbocycles. The van der Waals surface area contributed by atoms with Crippen molar-refractivity contribution in [1.82, 2.24) is 20.2 Å². The topological polar surface area (TPSA) is 63.6 Å². The molecular formula is C8H9N5S2. The molecule has 0 aliphatic rings. The molecule has 0 bridgehead atoms. The number of aromatic nitrogens is 4. The van der Waals surface area contributed by atoms with Crippen molar-refractivity contribution in [3.05, 3.63) is 17.3 Å². The molecule has 1 N–H and O–H groups in total. The van der Waals surface area contributed by atoms with Gasteiger partial charge in [0, 0.05) is 18.8 Å². The molecule has 0 saturated heterocycles. The van der Waals surface area contributed by atoms with Crippen LogP contribution in [0.3, 0.4) is 0 Å². The van der Waals surface area contributed by atoms with Crippen LogP contribution in [0.25, 0.3) is 0 Å². The molecule has 0 saturated carbocycles. The molecule has 0 aliphatic heterocycles. The molecule has 5 nitrogen and oxygen atoms in total. The molecule has 0 radical (unpaired) electrons. The van der Waals surface area contributed by atoms with Crippen LogP contribution in [-0.2, 0) is 0 Å². The minimum absolute atomic E-state index is 0.618. The highest BCUT2D eigenvalue weighted by Gasteiger charge is 2.07. The summed E-state index contributed by atoms with van der Waals surface area (Å²) >= 11 is 3.00. The fraction of sp³-hybridized carbons (Fsp3) is 0.250. The standard InChI is InChI=1S/C8H9N5S2/c1-5-3-10-7(9-2)12-6(5)15-8-13-11-4-14-8/h3-4H,1-2H3,(H,9,10,12). The largest absolute Gasteiger partial charge is 0.357 e. The van der Waals surface area contributed by atoms with E-state index < -0.39 is 0 Å². The lowest BCUT2D eigenvalue weighted by Gasteiger charge is -2.03. The van der Waals surface area contributed by atoms with Gasteiger partial charge < -0.3 is 5.32 Å². The third-order valence-electron chi connectivity index (χ3n) is 1.67. The molecule has 2 aromatic heterocycles. The molecule has 0 atom stereocenters. The van der Waals surface area contributed by atoms with Crippen LogP contribution >= 0.6 is 23.1 Å². The molecule has 0 aliphatic carbocycles. The van der Waals surface area contributed by atoms with Gasteiger partial charge in [-0.15, -0.1) is 10.2 Å². The summed E-state index contributed by atoms with van der Waals surface area (Å²) in [7, 11) is 1.80. The predicted octanol–water partition coefficient (Wildman–Crippen LogP) is 1.83. The fourth-order valence-electron chi connectivity index (χ4n) is 0.940. The third kappa shape index (κ3) is 2.42. The van der Waals surface area contributed by atoms with Gasteiger partial charge in [0.25, 0.3) is 0 Å². The first-order chi connectivity index (χ1) is 7.29. The fourth-order valence-corrected chi connectivity index (χ4v) is 2.38. The highest BCUT2D eigenvalue weighted by molar-refractivity contribution is 8.01. The number of anilines is 1. The van der Waals surface area contributed by atoms with E-state index in [2.05, 4.69) is 25.5 Å². The van der Waals surface area contributed by atoms with E-state index in [-0.39, 0.29) is 0 Å². The Morgan fingerprint density at radius 1 is 1.47 bits per heavy atom. The molecule has 2 heterocycles. The van der Waals surface area contributed by atoms with Crippen LogP contribution in [0, 0.1) is 6.92 Å². The zero-order valence-electron chi connectivity index (χ0n) is 8.26. The van der Waals surface area contributed by atoms with Crippen LogP contribution in [0.15, 0.2) is 21.1 Å². The number of nitrogens with one attached hydrogen (secondary N) is 1. The van der Waals surface area contributed by atoms with Crippen molar-refractivity contribution in [3.63, 3.8) is 0 Å². The van der Waals surface area contributed by atoms with E-state index >= 15 is 0 Å². The first-order valence-corrected chi connectivity index (χ1v) is 5.94. The highest BCUT2D eigenvalue weighted by Crippen LogP contribution is 2.29. The Hall–Kier alpha value is -1.21. The van der Waals surface area contributed by atoms with E-state index in [4.69, 9.17) is 0 Å². The second kappa shape index (κ2) is 4.54. The second-order valence-corrected chi connectivity index (χ2v) is 4.81. The molecular weight excluding hydrogens is 230 g/mol. The van der Waals surface area contributed by atoms with Gasteiger partial charge in [-0.3, -0.25) is 0 Å². The van der Waals surface area contributed by atoms with E-state index in [0.29, 0.717) is 5.95 Å². The van der Waals surface area contributed by atoms with Crippen LogP contribution in [0.2, 0.25) is 0 Å². The maximum atomic E-state index is 4.35. The molecule has 2 rings (SSSR count). The number of nitrogens with zero attached hydrogens (tertiary/aromatic N) is 4. The van der Waals surface area contributed by atoms with Gasteiger partial charge in [0.1, 0.15) is 10.5 Å². The van der Waals surface area contributed by atoms with Gasteiger partial charge in [0.2, 0.25) is 5.95 Å². The Balaban J connectivity index is 2.27. The van der Waals surface area contributed by atoms with Gasteiger partial charge in [-0.2, -0.15) is 0 Å². The first-order valence-electron chi connectivity index (χ1n) is 4.25. The molecule has 0 unspecified atom stereocenters. The Bertz CT molecular complexity index is 442. The summed E-state index contributed by atoms with van der Waals surface area (Å²) in [6, 6.07) is 0. The van der Waals surface area contributed by atoms with Crippen LogP contribution in [0.4, 0.5) is 5.95 Å². The summed E-state index contributed by atoms with van der Waals surface area (Å²) in [5, 5.41) is 11.6. The minimum Gasteiger partial charge on any atom is -0.357 e. The highest BCUT2D eigenvalue weighted by atomic mass is 32.2. The van der Waals surface area contributed by atoms with E-state index in [9.17, 15) is 0 Å².